The number of nitriles is 1. The van der Waals surface area contributed by atoms with Crippen molar-refractivity contribution in [2.45, 2.75) is 55.4 Å². The Labute approximate surface area is 416 Å². The predicted octanol–water partition coefficient (Wildman–Crippen LogP) is 15.8. The largest absolute Gasteiger partial charge is 0.388 e. The maximum Gasteiger partial charge on any atom is 0.330 e. The van der Waals surface area contributed by atoms with Crippen LogP contribution in [0.15, 0.2) is 187 Å². The van der Waals surface area contributed by atoms with Crippen LogP contribution in [0.25, 0.3) is 0 Å². The highest BCUT2D eigenvalue weighted by Crippen LogP contribution is 2.31. The van der Waals surface area contributed by atoms with Gasteiger partial charge in [0.1, 0.15) is 5.75 Å². The topological polar surface area (TPSA) is 139 Å². The van der Waals surface area contributed by atoms with E-state index in [9.17, 15) is 14.4 Å². The number of anilines is 8. The van der Waals surface area contributed by atoms with Crippen LogP contribution in [0.3, 0.4) is 0 Å². The lowest BCUT2D eigenvalue weighted by molar-refractivity contribution is 0.258. The van der Waals surface area contributed by atoms with Gasteiger partial charge in [-0.3, -0.25) is 9.80 Å². The molecule has 71 heavy (non-hydrogen) atoms. The summed E-state index contributed by atoms with van der Waals surface area (Å²) in [6, 6.07) is 57.9. The van der Waals surface area contributed by atoms with Gasteiger partial charge in [-0.1, -0.05) is 106 Å². The van der Waals surface area contributed by atoms with Crippen LogP contribution >= 0.6 is 0 Å². The number of nitrogens with zero attached hydrogens (tertiary/aromatic N) is 4. The molecule has 356 valence electrons. The summed E-state index contributed by atoms with van der Waals surface area (Å²) in [5.74, 6) is 0.435. The fourth-order valence-corrected chi connectivity index (χ4v) is 7.13. The molecule has 0 atom stereocenters. The van der Waals surface area contributed by atoms with Gasteiger partial charge < -0.3 is 20.7 Å². The molecule has 11 heteroatoms. The number of hydrogen-bond donors (Lipinski definition) is 3. The summed E-state index contributed by atoms with van der Waals surface area (Å²) in [6.07, 6.45) is 3.00. The molecule has 0 fully saturated rings. The standard InChI is InChI=1S/C37H36N4O2.C14H15N.C9H6N2O2/c1-25-6-15-31(16-7-25)40(32-17-8-26(2)9-18-32)36(42)38-30-14-23-35(29(5)24-30)39-37(43)41(33-19-10-27(3)11-20-33)34-21-12-28(4)13-22-34;1-11-3-7-13(8-4-11)15-14-9-5-12(2)6-10-14;1-7-4-8(13-5-10)2-3-9(7)11-6-12/h6-24H,1-5H3,(H,38,42)(H,39,43);3-10,15H,1-2H3;2-4H,1H3. The van der Waals surface area contributed by atoms with E-state index in [2.05, 4.69) is 88.1 Å². The smallest absolute Gasteiger partial charge is 0.330 e. The van der Waals surface area contributed by atoms with Crippen LogP contribution in [-0.2, 0) is 4.79 Å². The Morgan fingerprint density at radius 2 is 0.817 bits per heavy atom. The number of ether oxygens (including phenoxy) is 1. The van der Waals surface area contributed by atoms with Crippen molar-refractivity contribution in [2.75, 3.05) is 25.8 Å². The highest BCUT2D eigenvalue weighted by Gasteiger charge is 2.21. The van der Waals surface area contributed by atoms with E-state index in [1.165, 1.54) is 17.2 Å². The molecule has 0 radical (unpaired) electrons. The van der Waals surface area contributed by atoms with Crippen LogP contribution < -0.4 is 30.5 Å². The van der Waals surface area contributed by atoms with E-state index in [4.69, 9.17) is 5.26 Å². The Morgan fingerprint density at radius 3 is 1.17 bits per heavy atom. The molecular weight excluding hydrogens is 883 g/mol. The molecule has 0 unspecified atom stereocenters. The third-order valence-electron chi connectivity index (χ3n) is 11.2. The van der Waals surface area contributed by atoms with Gasteiger partial charge in [-0.05, 0) is 176 Å². The van der Waals surface area contributed by atoms with Crippen molar-refractivity contribution in [3.05, 3.63) is 226 Å². The SMILES string of the molecule is Cc1cc(OC#N)ccc1N=C=O.Cc1ccc(N(C(=O)Nc2ccc(NC(=O)N(c3ccc(C)cc3)c3ccc(C)cc3)c(C)c2)c2ccc(C)cc2)cc1.Cc1ccc(Nc2ccc(C)cc2)cc1. The second-order valence-electron chi connectivity index (χ2n) is 17.1. The molecule has 4 amide bonds. The first-order valence-corrected chi connectivity index (χ1v) is 22.9. The van der Waals surface area contributed by atoms with Crippen molar-refractivity contribution in [2.24, 2.45) is 4.99 Å². The number of amides is 4. The minimum Gasteiger partial charge on any atom is -0.388 e. The number of benzene rings is 8. The average molecular weight is 940 g/mol. The molecule has 0 heterocycles. The maximum absolute atomic E-state index is 13.7. The van der Waals surface area contributed by atoms with E-state index in [1.54, 1.807) is 47.2 Å². The van der Waals surface area contributed by atoms with Gasteiger partial charge >= 0.3 is 12.1 Å². The molecular formula is C60H57N7O4. The zero-order chi connectivity index (χ0) is 50.9. The zero-order valence-electron chi connectivity index (χ0n) is 41.2. The molecule has 11 nitrogen and oxygen atoms in total. The third-order valence-corrected chi connectivity index (χ3v) is 11.2. The van der Waals surface area contributed by atoms with Crippen molar-refractivity contribution >= 4 is 69.3 Å². The fraction of sp³-hybridized carbons (Fsp3) is 0.133. The van der Waals surface area contributed by atoms with Crippen LogP contribution in [0, 0.1) is 66.9 Å². The number of isocyanates is 1. The highest BCUT2D eigenvalue weighted by atomic mass is 16.5. The summed E-state index contributed by atoms with van der Waals surface area (Å²) in [5.41, 5.74) is 15.7. The summed E-state index contributed by atoms with van der Waals surface area (Å²) in [5, 5.41) is 17.7. The number of rotatable bonds is 10. The Hall–Kier alpha value is -9.23. The third kappa shape index (κ3) is 14.9. The van der Waals surface area contributed by atoms with E-state index in [0.717, 1.165) is 67.5 Å². The van der Waals surface area contributed by atoms with Crippen LogP contribution in [-0.4, -0.2) is 18.1 Å². The lowest BCUT2D eigenvalue weighted by atomic mass is 10.1. The van der Waals surface area contributed by atoms with Gasteiger partial charge in [-0.25, -0.2) is 14.4 Å². The van der Waals surface area contributed by atoms with Gasteiger partial charge in [0.15, 0.2) is 0 Å². The van der Waals surface area contributed by atoms with Crippen molar-refractivity contribution in [1.82, 2.24) is 0 Å². The molecule has 0 saturated carbocycles. The molecule has 0 aliphatic rings. The molecule has 8 aromatic rings. The molecule has 0 aliphatic carbocycles. The first-order chi connectivity index (χ1) is 34.2. The van der Waals surface area contributed by atoms with Crippen LogP contribution in [0.1, 0.15) is 44.5 Å². The average Bonchev–Trinajstić information content (AvgIpc) is 3.35. The van der Waals surface area contributed by atoms with Crippen LogP contribution in [0.5, 0.6) is 5.75 Å². The second kappa shape index (κ2) is 24.7. The molecule has 0 saturated heterocycles. The molecule has 0 bridgehead atoms. The molecule has 8 aromatic carbocycles. The Balaban J connectivity index is 0.000000238. The van der Waals surface area contributed by atoms with Crippen molar-refractivity contribution in [3.8, 4) is 12.0 Å². The lowest BCUT2D eigenvalue weighted by Gasteiger charge is -2.25. The quantitative estimate of drug-likeness (QED) is 0.0709. The summed E-state index contributed by atoms with van der Waals surface area (Å²) >= 11 is 0. The lowest BCUT2D eigenvalue weighted by Crippen LogP contribution is -2.31. The van der Waals surface area contributed by atoms with E-state index in [-0.39, 0.29) is 12.1 Å². The van der Waals surface area contributed by atoms with Gasteiger partial charge in [0.25, 0.3) is 6.26 Å². The first kappa shape index (κ1) is 51.2. The zero-order valence-corrected chi connectivity index (χ0v) is 41.2. The highest BCUT2D eigenvalue weighted by molar-refractivity contribution is 6.09. The van der Waals surface area contributed by atoms with E-state index in [1.807, 2.05) is 144 Å². The second-order valence-corrected chi connectivity index (χ2v) is 17.1. The molecule has 0 aliphatic heterocycles. The molecule has 0 aromatic heterocycles. The van der Waals surface area contributed by atoms with E-state index < -0.39 is 0 Å². The molecule has 3 N–H and O–H groups in total. The van der Waals surface area contributed by atoms with Gasteiger partial charge in [0, 0.05) is 22.7 Å². The summed E-state index contributed by atoms with van der Waals surface area (Å²) < 4.78 is 4.59. The maximum atomic E-state index is 13.7. The summed E-state index contributed by atoms with van der Waals surface area (Å²) in [4.78, 5) is 44.1. The number of aliphatic imine (C=N–C) groups is 1. The van der Waals surface area contributed by atoms with Gasteiger partial charge in [0.05, 0.1) is 28.4 Å². The minimum atomic E-state index is -0.284. The molecule has 8 rings (SSSR count). The predicted molar refractivity (Wildman–Crippen MR) is 289 cm³/mol. The fourth-order valence-electron chi connectivity index (χ4n) is 7.13. The number of carbonyl (C=O) groups is 2. The van der Waals surface area contributed by atoms with Crippen molar-refractivity contribution in [1.29, 1.82) is 5.26 Å². The Bertz CT molecular complexity index is 3010. The van der Waals surface area contributed by atoms with E-state index >= 15 is 0 Å². The number of urea groups is 2. The summed E-state index contributed by atoms with van der Waals surface area (Å²) in [6.45, 7) is 15.9. The molecule has 0 spiro atoms. The Morgan fingerprint density at radius 1 is 0.451 bits per heavy atom. The first-order valence-electron chi connectivity index (χ1n) is 22.9. The number of nitrogens with one attached hydrogen (secondary N) is 3. The van der Waals surface area contributed by atoms with Gasteiger partial charge in [-0.15, -0.1) is 5.26 Å². The number of aryl methyl sites for hydroxylation is 8. The summed E-state index contributed by atoms with van der Waals surface area (Å²) in [7, 11) is 0. The van der Waals surface area contributed by atoms with Crippen molar-refractivity contribution in [3.63, 3.8) is 0 Å². The Kier molecular flexibility index (Phi) is 17.8. The minimum absolute atomic E-state index is 0.280. The number of hydrogen-bond acceptors (Lipinski definition) is 7. The van der Waals surface area contributed by atoms with Crippen molar-refractivity contribution < 1.29 is 19.1 Å². The van der Waals surface area contributed by atoms with E-state index in [0.29, 0.717) is 22.8 Å². The van der Waals surface area contributed by atoms with Crippen LogP contribution in [0.4, 0.5) is 60.8 Å². The van der Waals surface area contributed by atoms with Gasteiger partial charge in [0.2, 0.25) is 6.08 Å². The normalized spacial score (nSPS) is 10.1. The number of carbonyl (C=O) groups excluding carboxylic acids is 3. The monoisotopic (exact) mass is 939 g/mol. The van der Waals surface area contributed by atoms with Crippen LogP contribution in [0.2, 0.25) is 0 Å². The van der Waals surface area contributed by atoms with Gasteiger partial charge in [-0.2, -0.15) is 4.99 Å².